The summed E-state index contributed by atoms with van der Waals surface area (Å²) in [6.45, 7) is 3.38. The van der Waals surface area contributed by atoms with E-state index >= 15 is 0 Å². The Morgan fingerprint density at radius 2 is 2.05 bits per heavy atom. The second kappa shape index (κ2) is 5.51. The fourth-order valence-corrected chi connectivity index (χ4v) is 2.90. The number of nitrogens with one attached hydrogen (secondary N) is 1. The molecule has 1 N–H and O–H groups in total. The first-order valence-corrected chi connectivity index (χ1v) is 7.40. The zero-order valence-corrected chi connectivity index (χ0v) is 12.6. The molecule has 1 aliphatic rings. The first kappa shape index (κ1) is 14.7. The molecule has 1 fully saturated rings. The van der Waals surface area contributed by atoms with Crippen LogP contribution < -0.4 is 5.32 Å². The number of benzene rings is 1. The molecular formula is C16H18FN3O2. The van der Waals surface area contributed by atoms with E-state index in [0.717, 1.165) is 25.7 Å². The minimum absolute atomic E-state index is 0.301. The molecule has 22 heavy (non-hydrogen) atoms. The summed E-state index contributed by atoms with van der Waals surface area (Å²) in [4.78, 5) is 16.8. The van der Waals surface area contributed by atoms with Gasteiger partial charge in [-0.1, -0.05) is 24.1 Å². The maximum Gasteiger partial charge on any atom is 0.252 e. The van der Waals surface area contributed by atoms with Crippen LogP contribution in [-0.4, -0.2) is 16.0 Å². The van der Waals surface area contributed by atoms with E-state index in [4.69, 9.17) is 4.52 Å². The highest BCUT2D eigenvalue weighted by Crippen LogP contribution is 2.37. The minimum Gasteiger partial charge on any atom is -0.340 e. The fraction of sp³-hybridized carbons (Fsp3) is 0.438. The van der Waals surface area contributed by atoms with Gasteiger partial charge in [0.25, 0.3) is 5.91 Å². The molecule has 0 bridgehead atoms. The number of rotatable bonds is 3. The number of nitrogens with zero attached hydrogens (tertiary/aromatic N) is 2. The summed E-state index contributed by atoms with van der Waals surface area (Å²) >= 11 is 0. The highest BCUT2D eigenvalue weighted by atomic mass is 19.1. The molecule has 0 radical (unpaired) electrons. The van der Waals surface area contributed by atoms with Crippen LogP contribution in [0.25, 0.3) is 0 Å². The van der Waals surface area contributed by atoms with E-state index in [-0.39, 0.29) is 11.7 Å². The molecule has 1 heterocycles. The largest absolute Gasteiger partial charge is 0.340 e. The number of hydrogen-bond acceptors (Lipinski definition) is 4. The molecular weight excluding hydrogens is 285 g/mol. The number of aromatic nitrogens is 2. The van der Waals surface area contributed by atoms with Crippen LogP contribution in [0.2, 0.25) is 0 Å². The summed E-state index contributed by atoms with van der Waals surface area (Å²) < 4.78 is 18.7. The Morgan fingerprint density at radius 1 is 1.32 bits per heavy atom. The number of halogens is 1. The summed E-state index contributed by atoms with van der Waals surface area (Å²) in [7, 11) is 0. The molecule has 1 aromatic carbocycles. The predicted octanol–water partition coefficient (Wildman–Crippen LogP) is 3.02. The number of carbonyl (C=O) groups is 1. The van der Waals surface area contributed by atoms with Gasteiger partial charge in [0.2, 0.25) is 5.89 Å². The number of aryl methyl sites for hydroxylation is 2. The molecule has 0 atom stereocenters. The van der Waals surface area contributed by atoms with E-state index in [2.05, 4.69) is 15.5 Å². The first-order chi connectivity index (χ1) is 10.5. The van der Waals surface area contributed by atoms with E-state index < -0.39 is 5.54 Å². The zero-order chi connectivity index (χ0) is 15.7. The lowest BCUT2D eigenvalue weighted by Gasteiger charge is -2.26. The molecule has 0 aliphatic heterocycles. The Balaban J connectivity index is 1.88. The quantitative estimate of drug-likeness (QED) is 0.946. The Kier molecular flexibility index (Phi) is 3.68. The third-order valence-electron chi connectivity index (χ3n) is 4.20. The summed E-state index contributed by atoms with van der Waals surface area (Å²) in [5.74, 6) is 0.270. The van der Waals surface area contributed by atoms with E-state index in [1.54, 1.807) is 26.0 Å². The highest BCUT2D eigenvalue weighted by Gasteiger charge is 2.41. The summed E-state index contributed by atoms with van der Waals surface area (Å²) in [6, 6.07) is 4.48. The van der Waals surface area contributed by atoms with Crippen LogP contribution in [0, 0.1) is 19.7 Å². The molecule has 5 nitrogen and oxygen atoms in total. The summed E-state index contributed by atoms with van der Waals surface area (Å²) in [5, 5.41) is 6.97. The van der Waals surface area contributed by atoms with Crippen LogP contribution in [0.4, 0.5) is 4.39 Å². The molecule has 0 saturated heterocycles. The van der Waals surface area contributed by atoms with E-state index in [1.807, 2.05) is 0 Å². The van der Waals surface area contributed by atoms with Gasteiger partial charge in [0.15, 0.2) is 5.82 Å². The van der Waals surface area contributed by atoms with Crippen LogP contribution in [0.3, 0.4) is 0 Å². The van der Waals surface area contributed by atoms with Crippen molar-refractivity contribution in [3.05, 3.63) is 46.9 Å². The van der Waals surface area contributed by atoms with E-state index in [0.29, 0.717) is 22.8 Å². The van der Waals surface area contributed by atoms with Crippen LogP contribution >= 0.6 is 0 Å². The van der Waals surface area contributed by atoms with Crippen molar-refractivity contribution in [3.8, 4) is 0 Å². The zero-order valence-electron chi connectivity index (χ0n) is 12.6. The van der Waals surface area contributed by atoms with Crippen molar-refractivity contribution in [2.45, 2.75) is 45.1 Å². The Bertz CT molecular complexity index is 705. The minimum atomic E-state index is -0.615. The lowest BCUT2D eigenvalue weighted by Crippen LogP contribution is -2.44. The van der Waals surface area contributed by atoms with Crippen molar-refractivity contribution in [3.63, 3.8) is 0 Å². The molecule has 2 aromatic rings. The Labute approximate surface area is 127 Å². The second-order valence-corrected chi connectivity index (χ2v) is 5.84. The van der Waals surface area contributed by atoms with Crippen molar-refractivity contribution >= 4 is 5.91 Å². The van der Waals surface area contributed by atoms with Crippen molar-refractivity contribution in [1.82, 2.24) is 15.5 Å². The number of carbonyl (C=O) groups excluding carboxylic acids is 1. The van der Waals surface area contributed by atoms with Gasteiger partial charge in [-0.3, -0.25) is 4.79 Å². The van der Waals surface area contributed by atoms with Gasteiger partial charge in [0, 0.05) is 12.5 Å². The van der Waals surface area contributed by atoms with Gasteiger partial charge in [-0.25, -0.2) is 4.39 Å². The summed E-state index contributed by atoms with van der Waals surface area (Å²) in [5.41, 5.74) is 0.200. The monoisotopic (exact) mass is 303 g/mol. The molecule has 116 valence electrons. The van der Waals surface area contributed by atoms with E-state index in [1.165, 1.54) is 6.07 Å². The smallest absolute Gasteiger partial charge is 0.252 e. The lowest BCUT2D eigenvalue weighted by molar-refractivity contribution is 0.0891. The van der Waals surface area contributed by atoms with E-state index in [9.17, 15) is 9.18 Å². The van der Waals surface area contributed by atoms with Crippen molar-refractivity contribution in [1.29, 1.82) is 0 Å². The molecule has 6 heteroatoms. The Hall–Kier alpha value is -2.24. The Morgan fingerprint density at radius 3 is 2.64 bits per heavy atom. The second-order valence-electron chi connectivity index (χ2n) is 5.84. The number of amides is 1. The molecule has 1 saturated carbocycles. The van der Waals surface area contributed by atoms with Gasteiger partial charge in [-0.05, 0) is 37.5 Å². The predicted molar refractivity (Wildman–Crippen MR) is 77.8 cm³/mol. The third kappa shape index (κ3) is 2.61. The van der Waals surface area contributed by atoms with Gasteiger partial charge < -0.3 is 9.84 Å². The standard InChI is InChI=1S/C16H18FN3O2/c1-10-5-6-12(9-13(10)17)14(21)19-16(7-3-4-8-16)15-18-11(2)22-20-15/h5-6,9H,3-4,7-8H2,1-2H3,(H,19,21). The molecule has 3 rings (SSSR count). The maximum absolute atomic E-state index is 13.7. The normalized spacial score (nSPS) is 16.7. The molecule has 0 unspecified atom stereocenters. The van der Waals surface area contributed by atoms with Gasteiger partial charge in [-0.2, -0.15) is 4.98 Å². The van der Waals surface area contributed by atoms with Gasteiger partial charge >= 0.3 is 0 Å². The average molecular weight is 303 g/mol. The van der Waals surface area contributed by atoms with Crippen LogP contribution in [0.15, 0.2) is 22.7 Å². The molecule has 0 spiro atoms. The van der Waals surface area contributed by atoms with Crippen LogP contribution in [0.1, 0.15) is 53.3 Å². The average Bonchev–Trinajstić information content (AvgIpc) is 3.12. The van der Waals surface area contributed by atoms with Crippen molar-refractivity contribution in [2.24, 2.45) is 0 Å². The van der Waals surface area contributed by atoms with Gasteiger partial charge in [0.05, 0.1) is 0 Å². The summed E-state index contributed by atoms with van der Waals surface area (Å²) in [6.07, 6.45) is 3.48. The number of hydrogen-bond donors (Lipinski definition) is 1. The van der Waals surface area contributed by atoms with Gasteiger partial charge in [0.1, 0.15) is 11.4 Å². The molecule has 1 aromatic heterocycles. The lowest BCUT2D eigenvalue weighted by atomic mass is 9.95. The molecule has 1 aliphatic carbocycles. The van der Waals surface area contributed by atoms with Crippen LogP contribution in [-0.2, 0) is 5.54 Å². The fourth-order valence-electron chi connectivity index (χ4n) is 2.90. The van der Waals surface area contributed by atoms with Crippen molar-refractivity contribution < 1.29 is 13.7 Å². The first-order valence-electron chi connectivity index (χ1n) is 7.40. The maximum atomic E-state index is 13.7. The van der Waals surface area contributed by atoms with Crippen molar-refractivity contribution in [2.75, 3.05) is 0 Å². The topological polar surface area (TPSA) is 68.0 Å². The van der Waals surface area contributed by atoms with Gasteiger partial charge in [-0.15, -0.1) is 0 Å². The SMILES string of the molecule is Cc1nc(C2(NC(=O)c3ccc(C)c(F)c3)CCCC2)no1. The highest BCUT2D eigenvalue weighted by molar-refractivity contribution is 5.94. The van der Waals surface area contributed by atoms with Crippen LogP contribution in [0.5, 0.6) is 0 Å². The third-order valence-corrected chi connectivity index (χ3v) is 4.20. The molecule has 1 amide bonds.